The van der Waals surface area contributed by atoms with E-state index in [9.17, 15) is 8.42 Å². The van der Waals surface area contributed by atoms with Crippen LogP contribution in [-0.2, 0) is 16.6 Å². The first-order valence-corrected chi connectivity index (χ1v) is 8.16. The Balaban J connectivity index is 2.05. The normalized spacial score (nSPS) is 13.2. The van der Waals surface area contributed by atoms with E-state index in [2.05, 4.69) is 9.82 Å². The molecule has 0 amide bonds. The Kier molecular flexibility index (Phi) is 5.11. The first-order chi connectivity index (χ1) is 10.0. The number of nitrogens with zero attached hydrogens (tertiary/aromatic N) is 2. The molecule has 2 aromatic rings. The fourth-order valence-corrected chi connectivity index (χ4v) is 2.86. The Morgan fingerprint density at radius 1 is 1.33 bits per heavy atom. The second kappa shape index (κ2) is 6.84. The Bertz CT molecular complexity index is 668. The van der Waals surface area contributed by atoms with Gasteiger partial charge in [0.15, 0.2) is 0 Å². The summed E-state index contributed by atoms with van der Waals surface area (Å²) >= 11 is 0. The van der Waals surface area contributed by atoms with Crippen molar-refractivity contribution in [2.45, 2.75) is 18.4 Å². The summed E-state index contributed by atoms with van der Waals surface area (Å²) in [5, 5.41) is 13.0. The summed E-state index contributed by atoms with van der Waals surface area (Å²) in [4.78, 5) is 0.128. The molecule has 0 spiro atoms. The van der Waals surface area contributed by atoms with Gasteiger partial charge in [0.2, 0.25) is 10.0 Å². The first kappa shape index (κ1) is 15.7. The molecule has 0 aliphatic rings. The molecule has 0 radical (unpaired) electrons. The Morgan fingerprint density at radius 3 is 2.71 bits per heavy atom. The summed E-state index contributed by atoms with van der Waals surface area (Å²) in [5.41, 5.74) is 1.05. The van der Waals surface area contributed by atoms with Crippen LogP contribution in [0.5, 0.6) is 0 Å². The molecule has 0 saturated carbocycles. The Labute approximate surface area is 124 Å². The van der Waals surface area contributed by atoms with E-state index >= 15 is 0 Å². The van der Waals surface area contributed by atoms with Gasteiger partial charge in [-0.1, -0.05) is 37.3 Å². The Morgan fingerprint density at radius 2 is 2.05 bits per heavy atom. The van der Waals surface area contributed by atoms with E-state index in [0.29, 0.717) is 6.54 Å². The second-order valence-electron chi connectivity index (χ2n) is 5.00. The highest BCUT2D eigenvalue weighted by Gasteiger charge is 2.17. The molecule has 0 saturated heterocycles. The highest BCUT2D eigenvalue weighted by Crippen LogP contribution is 2.09. The van der Waals surface area contributed by atoms with Crippen molar-refractivity contribution in [3.8, 4) is 0 Å². The third-order valence-electron chi connectivity index (χ3n) is 3.04. The van der Waals surface area contributed by atoms with Gasteiger partial charge in [-0.05, 0) is 11.5 Å². The van der Waals surface area contributed by atoms with Gasteiger partial charge in [-0.3, -0.25) is 4.68 Å². The molecule has 1 heterocycles. The predicted octanol–water partition coefficient (Wildman–Crippen LogP) is 0.838. The molecule has 1 aromatic carbocycles. The van der Waals surface area contributed by atoms with Crippen LogP contribution in [0.15, 0.2) is 47.6 Å². The molecule has 0 aliphatic carbocycles. The number of sulfonamides is 1. The molecule has 1 unspecified atom stereocenters. The number of nitrogens with one attached hydrogen (secondary N) is 1. The van der Waals surface area contributed by atoms with Crippen molar-refractivity contribution in [2.24, 2.45) is 5.92 Å². The fourth-order valence-electron chi connectivity index (χ4n) is 1.74. The third-order valence-corrected chi connectivity index (χ3v) is 4.42. The standard InChI is InChI=1S/C14H19N3O3S/c1-12(11-18)7-16-21(19,20)14-8-15-17(10-14)9-13-5-3-2-4-6-13/h2-6,8,10,12,16,18H,7,9,11H2,1H3. The van der Waals surface area contributed by atoms with E-state index in [1.807, 2.05) is 30.3 Å². The summed E-state index contributed by atoms with van der Waals surface area (Å²) < 4.78 is 28.2. The van der Waals surface area contributed by atoms with Crippen molar-refractivity contribution in [3.05, 3.63) is 48.3 Å². The zero-order valence-electron chi connectivity index (χ0n) is 11.8. The first-order valence-electron chi connectivity index (χ1n) is 6.68. The minimum absolute atomic E-state index is 0.0597. The van der Waals surface area contributed by atoms with Crippen molar-refractivity contribution < 1.29 is 13.5 Å². The smallest absolute Gasteiger partial charge is 0.243 e. The maximum atomic E-state index is 12.1. The van der Waals surface area contributed by atoms with Crippen molar-refractivity contribution in [1.82, 2.24) is 14.5 Å². The van der Waals surface area contributed by atoms with Gasteiger partial charge in [-0.25, -0.2) is 13.1 Å². The topological polar surface area (TPSA) is 84.2 Å². The lowest BCUT2D eigenvalue weighted by Crippen LogP contribution is -2.29. The van der Waals surface area contributed by atoms with Crippen molar-refractivity contribution in [1.29, 1.82) is 0 Å². The SMILES string of the molecule is CC(CO)CNS(=O)(=O)c1cnn(Cc2ccccc2)c1. The van der Waals surface area contributed by atoms with Crippen LogP contribution in [0.3, 0.4) is 0 Å². The van der Waals surface area contributed by atoms with Crippen LogP contribution in [0.4, 0.5) is 0 Å². The summed E-state index contributed by atoms with van der Waals surface area (Å²) in [6.45, 7) is 2.42. The minimum Gasteiger partial charge on any atom is -0.396 e. The number of rotatable bonds is 7. The van der Waals surface area contributed by atoms with Gasteiger partial charge in [0.25, 0.3) is 0 Å². The van der Waals surface area contributed by atoms with Crippen LogP contribution in [0.2, 0.25) is 0 Å². The molecular weight excluding hydrogens is 290 g/mol. The van der Waals surface area contributed by atoms with Gasteiger partial charge in [-0.15, -0.1) is 0 Å². The molecule has 0 bridgehead atoms. The number of hydrogen-bond donors (Lipinski definition) is 2. The molecule has 2 rings (SSSR count). The average molecular weight is 309 g/mol. The minimum atomic E-state index is -3.58. The van der Waals surface area contributed by atoms with Crippen LogP contribution in [-0.4, -0.2) is 36.5 Å². The molecule has 0 fully saturated rings. The van der Waals surface area contributed by atoms with Crippen LogP contribution < -0.4 is 4.72 Å². The number of aliphatic hydroxyl groups is 1. The number of aliphatic hydroxyl groups excluding tert-OH is 1. The summed E-state index contributed by atoms with van der Waals surface area (Å²) in [5.74, 6) is -0.126. The number of aromatic nitrogens is 2. The van der Waals surface area contributed by atoms with Crippen molar-refractivity contribution in [2.75, 3.05) is 13.2 Å². The van der Waals surface area contributed by atoms with Crippen LogP contribution >= 0.6 is 0 Å². The summed E-state index contributed by atoms with van der Waals surface area (Å²) in [6.07, 6.45) is 2.83. The lowest BCUT2D eigenvalue weighted by atomic mass is 10.2. The van der Waals surface area contributed by atoms with Gasteiger partial charge in [0, 0.05) is 19.3 Å². The van der Waals surface area contributed by atoms with Crippen LogP contribution in [0, 0.1) is 5.92 Å². The summed E-state index contributed by atoms with van der Waals surface area (Å²) in [7, 11) is -3.58. The van der Waals surface area contributed by atoms with Crippen molar-refractivity contribution >= 4 is 10.0 Å². The van der Waals surface area contributed by atoms with Crippen LogP contribution in [0.25, 0.3) is 0 Å². The molecule has 7 heteroatoms. The molecular formula is C14H19N3O3S. The predicted molar refractivity (Wildman–Crippen MR) is 79.2 cm³/mol. The van der Waals surface area contributed by atoms with Gasteiger partial charge < -0.3 is 5.11 Å². The second-order valence-corrected chi connectivity index (χ2v) is 6.77. The summed E-state index contributed by atoms with van der Waals surface area (Å²) in [6, 6.07) is 9.69. The van der Waals surface area contributed by atoms with E-state index in [1.54, 1.807) is 11.6 Å². The zero-order valence-corrected chi connectivity index (χ0v) is 12.6. The Hall–Kier alpha value is -1.70. The van der Waals surface area contributed by atoms with E-state index in [0.717, 1.165) is 5.56 Å². The molecule has 114 valence electrons. The molecule has 21 heavy (non-hydrogen) atoms. The third kappa shape index (κ3) is 4.38. The van der Waals surface area contributed by atoms with Gasteiger partial charge >= 0.3 is 0 Å². The number of benzene rings is 1. The number of hydrogen-bond acceptors (Lipinski definition) is 4. The lowest BCUT2D eigenvalue weighted by Gasteiger charge is -2.08. The molecule has 2 N–H and O–H groups in total. The average Bonchev–Trinajstić information content (AvgIpc) is 2.95. The van der Waals surface area contributed by atoms with E-state index in [4.69, 9.17) is 5.11 Å². The molecule has 6 nitrogen and oxygen atoms in total. The largest absolute Gasteiger partial charge is 0.396 e. The molecule has 0 aliphatic heterocycles. The van der Waals surface area contributed by atoms with E-state index < -0.39 is 10.0 Å². The van der Waals surface area contributed by atoms with E-state index in [-0.39, 0.29) is 24.0 Å². The maximum Gasteiger partial charge on any atom is 0.243 e. The van der Waals surface area contributed by atoms with Crippen molar-refractivity contribution in [3.63, 3.8) is 0 Å². The monoisotopic (exact) mass is 309 g/mol. The van der Waals surface area contributed by atoms with Crippen LogP contribution in [0.1, 0.15) is 12.5 Å². The van der Waals surface area contributed by atoms with Gasteiger partial charge in [-0.2, -0.15) is 5.10 Å². The van der Waals surface area contributed by atoms with E-state index in [1.165, 1.54) is 12.4 Å². The molecule has 1 aromatic heterocycles. The fraction of sp³-hybridized carbons (Fsp3) is 0.357. The quantitative estimate of drug-likeness (QED) is 0.794. The highest BCUT2D eigenvalue weighted by atomic mass is 32.2. The maximum absolute atomic E-state index is 12.1. The molecule has 1 atom stereocenters. The zero-order chi connectivity index (χ0) is 15.3. The van der Waals surface area contributed by atoms with Gasteiger partial charge in [0.1, 0.15) is 4.90 Å². The highest BCUT2D eigenvalue weighted by molar-refractivity contribution is 7.89. The lowest BCUT2D eigenvalue weighted by molar-refractivity contribution is 0.238. The van der Waals surface area contributed by atoms with Gasteiger partial charge in [0.05, 0.1) is 12.7 Å².